The van der Waals surface area contributed by atoms with Gasteiger partial charge in [0.15, 0.2) is 0 Å². The van der Waals surface area contributed by atoms with E-state index >= 15 is 0 Å². The van der Waals surface area contributed by atoms with Gasteiger partial charge >= 0.3 is 5.97 Å². The predicted octanol–water partition coefficient (Wildman–Crippen LogP) is 4.96. The first-order chi connectivity index (χ1) is 13.3. The number of anilines is 1. The summed E-state index contributed by atoms with van der Waals surface area (Å²) >= 11 is 1.54. The third-order valence-electron chi connectivity index (χ3n) is 3.75. The van der Waals surface area contributed by atoms with Gasteiger partial charge in [0.05, 0.1) is 22.0 Å². The molecule has 4 rings (SSSR count). The second-order valence-electron chi connectivity index (χ2n) is 5.68. The highest BCUT2D eigenvalue weighted by Gasteiger charge is 2.07. The van der Waals surface area contributed by atoms with Crippen LogP contribution in [0, 0.1) is 0 Å². The number of nitrogens with one attached hydrogen (secondary N) is 1. The molecule has 27 heavy (non-hydrogen) atoms. The van der Waals surface area contributed by atoms with Crippen molar-refractivity contribution >= 4 is 38.9 Å². The first-order valence-electron chi connectivity index (χ1n) is 8.30. The maximum absolute atomic E-state index is 12.1. The molecule has 0 atom stereocenters. The number of ether oxygens (including phenoxy) is 1. The van der Waals surface area contributed by atoms with Crippen LogP contribution in [-0.2, 0) is 0 Å². The van der Waals surface area contributed by atoms with Crippen LogP contribution in [0.25, 0.3) is 10.2 Å². The fourth-order valence-corrected chi connectivity index (χ4v) is 3.30. The number of carbonyl (C=O) groups excluding carboxylic acids is 1. The number of hydrazone groups is 1. The summed E-state index contributed by atoms with van der Waals surface area (Å²) in [5.41, 5.74) is 5.19. The molecule has 6 heteroatoms. The largest absolute Gasteiger partial charge is 0.423 e. The third-order valence-corrected chi connectivity index (χ3v) is 4.69. The minimum Gasteiger partial charge on any atom is -0.423 e. The minimum absolute atomic E-state index is 0.391. The van der Waals surface area contributed by atoms with E-state index in [2.05, 4.69) is 15.5 Å². The van der Waals surface area contributed by atoms with Crippen LogP contribution in [0.4, 0.5) is 5.13 Å². The molecule has 0 amide bonds. The van der Waals surface area contributed by atoms with Gasteiger partial charge in [-0.15, -0.1) is 0 Å². The number of thiazole rings is 1. The van der Waals surface area contributed by atoms with Crippen LogP contribution in [0.2, 0.25) is 0 Å². The summed E-state index contributed by atoms with van der Waals surface area (Å²) in [6.07, 6.45) is 1.66. The van der Waals surface area contributed by atoms with Crippen LogP contribution < -0.4 is 10.2 Å². The van der Waals surface area contributed by atoms with Crippen molar-refractivity contribution in [3.63, 3.8) is 0 Å². The molecule has 3 aromatic carbocycles. The zero-order chi connectivity index (χ0) is 18.5. The second kappa shape index (κ2) is 7.80. The molecule has 0 aliphatic heterocycles. The van der Waals surface area contributed by atoms with Gasteiger partial charge in [-0.3, -0.25) is 5.43 Å². The summed E-state index contributed by atoms with van der Waals surface area (Å²) in [6, 6.07) is 24.0. The molecule has 0 saturated heterocycles. The topological polar surface area (TPSA) is 63.6 Å². The molecule has 1 aromatic heterocycles. The Morgan fingerprint density at radius 1 is 1.00 bits per heavy atom. The summed E-state index contributed by atoms with van der Waals surface area (Å²) in [5.74, 6) is 0.0741. The molecule has 0 saturated carbocycles. The minimum atomic E-state index is -0.391. The fourth-order valence-electron chi connectivity index (χ4n) is 2.48. The lowest BCUT2D eigenvalue weighted by atomic mass is 10.2. The number of esters is 1. The molecular formula is C21H15N3O2S. The van der Waals surface area contributed by atoms with Gasteiger partial charge in [-0.2, -0.15) is 5.10 Å². The van der Waals surface area contributed by atoms with Gasteiger partial charge < -0.3 is 4.74 Å². The lowest BCUT2D eigenvalue weighted by Crippen LogP contribution is -2.08. The van der Waals surface area contributed by atoms with Gasteiger partial charge in [0, 0.05) is 0 Å². The van der Waals surface area contributed by atoms with Crippen molar-refractivity contribution < 1.29 is 9.53 Å². The predicted molar refractivity (Wildman–Crippen MR) is 109 cm³/mol. The first kappa shape index (κ1) is 16.9. The van der Waals surface area contributed by atoms with Crippen LogP contribution in [0.5, 0.6) is 5.75 Å². The Balaban J connectivity index is 1.42. The van der Waals surface area contributed by atoms with Crippen molar-refractivity contribution in [2.24, 2.45) is 5.10 Å². The van der Waals surface area contributed by atoms with Crippen LogP contribution in [-0.4, -0.2) is 17.2 Å². The van der Waals surface area contributed by atoms with E-state index in [1.54, 1.807) is 42.6 Å². The molecule has 0 unspecified atom stereocenters. The SMILES string of the molecule is O=C(Oc1cccc(/C=N/Nc2nc3ccccc3s2)c1)c1ccccc1. The Labute approximate surface area is 160 Å². The van der Waals surface area contributed by atoms with Crippen molar-refractivity contribution in [1.29, 1.82) is 0 Å². The van der Waals surface area contributed by atoms with Crippen LogP contribution in [0.15, 0.2) is 84.0 Å². The Hall–Kier alpha value is -3.51. The summed E-state index contributed by atoms with van der Waals surface area (Å²) in [7, 11) is 0. The quantitative estimate of drug-likeness (QED) is 0.232. The number of carbonyl (C=O) groups is 1. The van der Waals surface area contributed by atoms with Crippen molar-refractivity contribution in [1.82, 2.24) is 4.98 Å². The van der Waals surface area contributed by atoms with E-state index in [1.165, 1.54) is 11.3 Å². The van der Waals surface area contributed by atoms with Gasteiger partial charge in [-0.05, 0) is 42.0 Å². The zero-order valence-electron chi connectivity index (χ0n) is 14.2. The number of hydrogen-bond donors (Lipinski definition) is 1. The maximum atomic E-state index is 12.1. The number of aromatic nitrogens is 1. The normalized spacial score (nSPS) is 11.0. The number of fused-ring (bicyclic) bond motifs is 1. The molecule has 132 valence electrons. The van der Waals surface area contributed by atoms with Gasteiger partial charge in [-0.25, -0.2) is 9.78 Å². The van der Waals surface area contributed by atoms with Crippen molar-refractivity contribution in [3.05, 3.63) is 90.0 Å². The standard InChI is InChI=1S/C21H15N3O2S/c25-20(16-8-2-1-3-9-16)26-17-10-6-7-15(13-17)14-22-24-21-23-18-11-4-5-12-19(18)27-21/h1-14H,(H,23,24)/b22-14+. The maximum Gasteiger partial charge on any atom is 0.343 e. The number of benzene rings is 3. The molecule has 0 fully saturated rings. The lowest BCUT2D eigenvalue weighted by molar-refractivity contribution is 0.0735. The summed E-state index contributed by atoms with van der Waals surface area (Å²) in [5, 5.41) is 4.94. The van der Waals surface area contributed by atoms with Gasteiger partial charge in [0.2, 0.25) is 5.13 Å². The number of hydrogen-bond acceptors (Lipinski definition) is 6. The molecule has 1 N–H and O–H groups in total. The van der Waals surface area contributed by atoms with E-state index in [1.807, 2.05) is 42.5 Å². The molecular weight excluding hydrogens is 358 g/mol. The molecule has 4 aromatic rings. The van der Waals surface area contributed by atoms with Gasteiger partial charge in [-0.1, -0.05) is 53.8 Å². The lowest BCUT2D eigenvalue weighted by Gasteiger charge is -2.04. The summed E-state index contributed by atoms with van der Waals surface area (Å²) in [4.78, 5) is 16.6. The number of rotatable bonds is 5. The van der Waals surface area contributed by atoms with Gasteiger partial charge in [0.25, 0.3) is 0 Å². The Morgan fingerprint density at radius 3 is 2.67 bits per heavy atom. The summed E-state index contributed by atoms with van der Waals surface area (Å²) in [6.45, 7) is 0. The van der Waals surface area contributed by atoms with Crippen molar-refractivity contribution in [2.75, 3.05) is 5.43 Å². The third kappa shape index (κ3) is 4.19. The van der Waals surface area contributed by atoms with Crippen molar-refractivity contribution in [3.8, 4) is 5.75 Å². The molecule has 0 aliphatic carbocycles. The van der Waals surface area contributed by atoms with Crippen LogP contribution >= 0.6 is 11.3 Å². The molecule has 0 aliphatic rings. The fraction of sp³-hybridized carbons (Fsp3) is 0. The summed E-state index contributed by atoms with van der Waals surface area (Å²) < 4.78 is 6.52. The van der Waals surface area contributed by atoms with Gasteiger partial charge in [0.1, 0.15) is 5.75 Å². The molecule has 1 heterocycles. The Kier molecular flexibility index (Phi) is 4.89. The molecule has 0 radical (unpaired) electrons. The highest BCUT2D eigenvalue weighted by atomic mass is 32.1. The highest BCUT2D eigenvalue weighted by Crippen LogP contribution is 2.25. The van der Waals surface area contributed by atoms with Crippen LogP contribution in [0.1, 0.15) is 15.9 Å². The van der Waals surface area contributed by atoms with E-state index in [4.69, 9.17) is 4.74 Å². The Morgan fingerprint density at radius 2 is 1.81 bits per heavy atom. The van der Waals surface area contributed by atoms with E-state index in [-0.39, 0.29) is 0 Å². The average molecular weight is 373 g/mol. The molecule has 0 bridgehead atoms. The monoisotopic (exact) mass is 373 g/mol. The van der Waals surface area contributed by atoms with E-state index in [0.717, 1.165) is 20.9 Å². The molecule has 0 spiro atoms. The van der Waals surface area contributed by atoms with Crippen molar-refractivity contribution in [2.45, 2.75) is 0 Å². The van der Waals surface area contributed by atoms with E-state index in [9.17, 15) is 4.79 Å². The van der Waals surface area contributed by atoms with E-state index < -0.39 is 5.97 Å². The molecule has 5 nitrogen and oxygen atoms in total. The second-order valence-corrected chi connectivity index (χ2v) is 6.72. The Bertz CT molecular complexity index is 1070. The average Bonchev–Trinajstić information content (AvgIpc) is 3.12. The first-order valence-corrected chi connectivity index (χ1v) is 9.11. The van der Waals surface area contributed by atoms with E-state index in [0.29, 0.717) is 11.3 Å². The number of nitrogens with zero attached hydrogens (tertiary/aromatic N) is 2. The number of para-hydroxylation sites is 1. The smallest absolute Gasteiger partial charge is 0.343 e. The van der Waals surface area contributed by atoms with Crippen LogP contribution in [0.3, 0.4) is 0 Å². The highest BCUT2D eigenvalue weighted by molar-refractivity contribution is 7.22. The zero-order valence-corrected chi connectivity index (χ0v) is 15.0.